The molecule has 109 valence electrons. The van der Waals surface area contributed by atoms with E-state index in [-0.39, 0.29) is 11.8 Å². The molecule has 0 unspecified atom stereocenters. The van der Waals surface area contributed by atoms with Crippen molar-refractivity contribution in [3.05, 3.63) is 30.3 Å². The third kappa shape index (κ3) is 5.30. The summed E-state index contributed by atoms with van der Waals surface area (Å²) in [4.78, 5) is 23.3. The molecule has 20 heavy (non-hydrogen) atoms. The van der Waals surface area contributed by atoms with Crippen LogP contribution in [0.5, 0.6) is 0 Å². The molecule has 0 aliphatic heterocycles. The van der Waals surface area contributed by atoms with Crippen molar-refractivity contribution < 1.29 is 19.1 Å². The highest BCUT2D eigenvalue weighted by atomic mass is 16.7. The average molecular weight is 278 g/mol. The molecule has 1 radical (unpaired) electrons. The van der Waals surface area contributed by atoms with E-state index in [2.05, 4.69) is 11.4 Å². The minimum absolute atomic E-state index is 0.132. The van der Waals surface area contributed by atoms with Gasteiger partial charge in [0.1, 0.15) is 0 Å². The van der Waals surface area contributed by atoms with Crippen molar-refractivity contribution in [1.82, 2.24) is 0 Å². The molecular weight excluding hydrogens is 258 g/mol. The zero-order valence-corrected chi connectivity index (χ0v) is 12.2. The zero-order chi connectivity index (χ0) is 15.1. The minimum atomic E-state index is -0.903. The number of ether oxygens (including phenoxy) is 2. The quantitative estimate of drug-likeness (QED) is 0.663. The zero-order valence-electron chi connectivity index (χ0n) is 12.2. The molecule has 5 heteroatoms. The molecule has 0 aliphatic rings. The molecule has 0 spiro atoms. The summed E-state index contributed by atoms with van der Waals surface area (Å²) in [6.45, 7) is 7.06. The number of nitrogens with one attached hydrogen (secondary N) is 1. The Morgan fingerprint density at radius 3 is 2.20 bits per heavy atom. The molecule has 1 rings (SSSR count). The lowest BCUT2D eigenvalue weighted by atomic mass is 10.2. The van der Waals surface area contributed by atoms with Gasteiger partial charge in [0.25, 0.3) is 6.29 Å². The van der Waals surface area contributed by atoms with E-state index in [4.69, 9.17) is 9.47 Å². The van der Waals surface area contributed by atoms with E-state index >= 15 is 0 Å². The first-order chi connectivity index (χ1) is 9.40. The molecule has 1 amide bonds. The number of carbonyl (C=O) groups excluding carboxylic acids is 2. The molecule has 0 bridgehead atoms. The van der Waals surface area contributed by atoms with E-state index in [1.54, 1.807) is 38.1 Å². The number of esters is 1. The van der Waals surface area contributed by atoms with Gasteiger partial charge in [0.2, 0.25) is 0 Å². The Labute approximate surface area is 119 Å². The summed E-state index contributed by atoms with van der Waals surface area (Å²) in [7, 11) is 0. The van der Waals surface area contributed by atoms with Crippen molar-refractivity contribution in [2.24, 2.45) is 11.8 Å². The van der Waals surface area contributed by atoms with Crippen LogP contribution in [0, 0.1) is 17.9 Å². The second-order valence-electron chi connectivity index (χ2n) is 5.02. The Kier molecular flexibility index (Phi) is 6.03. The van der Waals surface area contributed by atoms with E-state index in [0.29, 0.717) is 5.69 Å². The first-order valence-corrected chi connectivity index (χ1v) is 6.54. The van der Waals surface area contributed by atoms with Crippen LogP contribution in [0.4, 0.5) is 10.5 Å². The smallest absolute Gasteiger partial charge is 0.414 e. The normalized spacial score (nSPS) is 12.1. The maximum Gasteiger partial charge on any atom is 0.414 e. The van der Waals surface area contributed by atoms with Crippen LogP contribution in [0.3, 0.4) is 0 Å². The molecule has 0 aliphatic carbocycles. The predicted octanol–water partition coefficient (Wildman–Crippen LogP) is 3.22. The van der Waals surface area contributed by atoms with Crippen LogP contribution >= 0.6 is 0 Å². The summed E-state index contributed by atoms with van der Waals surface area (Å²) in [5.74, 6) is -0.800. The van der Waals surface area contributed by atoms with Gasteiger partial charge in [0, 0.05) is 11.6 Å². The van der Waals surface area contributed by atoms with Crippen LogP contribution in [0.25, 0.3) is 0 Å². The lowest BCUT2D eigenvalue weighted by Crippen LogP contribution is -2.32. The summed E-state index contributed by atoms with van der Waals surface area (Å²) in [5.41, 5.74) is 0.589. The monoisotopic (exact) mass is 278 g/mol. The Balaban J connectivity index is 2.57. The summed E-state index contributed by atoms with van der Waals surface area (Å²) in [6, 6.07) is 9.56. The highest BCUT2D eigenvalue weighted by Gasteiger charge is 2.24. The van der Waals surface area contributed by atoms with E-state index in [1.165, 1.54) is 0 Å². The molecule has 1 N–H and O–H groups in total. The van der Waals surface area contributed by atoms with E-state index < -0.39 is 18.4 Å². The van der Waals surface area contributed by atoms with Gasteiger partial charge >= 0.3 is 12.1 Å². The fraction of sp³-hybridized carbons (Fsp3) is 0.467. The Hall–Kier alpha value is -2.04. The van der Waals surface area contributed by atoms with Gasteiger partial charge in [-0.25, -0.2) is 4.79 Å². The van der Waals surface area contributed by atoms with Crippen molar-refractivity contribution in [3.8, 4) is 0 Å². The van der Waals surface area contributed by atoms with Crippen molar-refractivity contribution in [1.29, 1.82) is 0 Å². The summed E-state index contributed by atoms with van der Waals surface area (Å²) >= 11 is 0. The number of rotatable bonds is 5. The largest absolute Gasteiger partial charge is 0.425 e. The predicted molar refractivity (Wildman–Crippen MR) is 74.9 cm³/mol. The number of anilines is 1. The van der Waals surface area contributed by atoms with Gasteiger partial charge in [-0.3, -0.25) is 10.1 Å². The van der Waals surface area contributed by atoms with Crippen molar-refractivity contribution in [2.45, 2.75) is 34.0 Å². The first-order valence-electron chi connectivity index (χ1n) is 6.54. The maximum absolute atomic E-state index is 11.7. The first kappa shape index (κ1) is 16.0. The van der Waals surface area contributed by atoms with E-state index in [0.717, 1.165) is 0 Å². The number of carbonyl (C=O) groups is 2. The Morgan fingerprint density at radius 2 is 1.70 bits per heavy atom. The molecule has 1 atom stereocenters. The van der Waals surface area contributed by atoms with Crippen molar-refractivity contribution >= 4 is 17.7 Å². The van der Waals surface area contributed by atoms with Gasteiger partial charge in [-0.1, -0.05) is 39.8 Å². The van der Waals surface area contributed by atoms with Crippen molar-refractivity contribution in [3.63, 3.8) is 0 Å². The lowest BCUT2D eigenvalue weighted by Gasteiger charge is -2.22. The Morgan fingerprint density at radius 1 is 1.10 bits per heavy atom. The fourth-order valence-corrected chi connectivity index (χ4v) is 1.27. The van der Waals surface area contributed by atoms with Crippen LogP contribution < -0.4 is 5.32 Å². The number of hydrogen-bond donors (Lipinski definition) is 1. The summed E-state index contributed by atoms with van der Waals surface area (Å²) in [6.07, 6.45) is -1.56. The molecule has 5 nitrogen and oxygen atoms in total. The molecule has 0 aromatic heterocycles. The van der Waals surface area contributed by atoms with Gasteiger partial charge in [-0.05, 0) is 18.2 Å². The van der Waals surface area contributed by atoms with Crippen LogP contribution in [-0.4, -0.2) is 18.4 Å². The average Bonchev–Trinajstić information content (AvgIpc) is 2.38. The lowest BCUT2D eigenvalue weighted by molar-refractivity contribution is -0.177. The summed E-state index contributed by atoms with van der Waals surface area (Å²) < 4.78 is 10.3. The van der Waals surface area contributed by atoms with Gasteiger partial charge in [-0.2, -0.15) is 0 Å². The molecule has 1 aromatic rings. The fourth-order valence-electron chi connectivity index (χ4n) is 1.27. The van der Waals surface area contributed by atoms with Crippen molar-refractivity contribution in [2.75, 3.05) is 5.32 Å². The van der Waals surface area contributed by atoms with Crippen LogP contribution in [0.15, 0.2) is 24.3 Å². The van der Waals surface area contributed by atoms with Crippen LogP contribution in [0.1, 0.15) is 27.7 Å². The van der Waals surface area contributed by atoms with Gasteiger partial charge in [-0.15, -0.1) is 0 Å². The Bertz CT molecular complexity index is 442. The standard InChI is InChI=1S/C15H20NO4/c1-10(2)13(17)19-14(11(3)4)20-15(18)16-12-8-6-5-7-9-12/h6-11,14H,1-4H3,(H,16,18)/t14-/m0/s1. The number of hydrogen-bond acceptors (Lipinski definition) is 4. The molecular formula is C15H20NO4. The highest BCUT2D eigenvalue weighted by Crippen LogP contribution is 2.13. The van der Waals surface area contributed by atoms with Gasteiger partial charge in [0.05, 0.1) is 5.92 Å². The molecule has 1 aromatic carbocycles. The maximum atomic E-state index is 11.7. The van der Waals surface area contributed by atoms with Crippen LogP contribution in [-0.2, 0) is 14.3 Å². The molecule has 0 fully saturated rings. The van der Waals surface area contributed by atoms with E-state index in [1.807, 2.05) is 13.8 Å². The minimum Gasteiger partial charge on any atom is -0.425 e. The van der Waals surface area contributed by atoms with Gasteiger partial charge in [0.15, 0.2) is 0 Å². The van der Waals surface area contributed by atoms with E-state index in [9.17, 15) is 9.59 Å². The third-order valence-electron chi connectivity index (χ3n) is 2.44. The molecule has 0 heterocycles. The second kappa shape index (κ2) is 7.53. The number of amides is 1. The number of benzene rings is 1. The van der Waals surface area contributed by atoms with Crippen LogP contribution in [0.2, 0.25) is 0 Å². The molecule has 0 saturated heterocycles. The molecule has 0 saturated carbocycles. The third-order valence-corrected chi connectivity index (χ3v) is 2.44. The van der Waals surface area contributed by atoms with Gasteiger partial charge < -0.3 is 9.47 Å². The highest BCUT2D eigenvalue weighted by molar-refractivity contribution is 5.84. The SMILES string of the molecule is CC(C)C(=O)O[C@@H](OC(=O)Nc1cc[c]cc1)C(C)C. The summed E-state index contributed by atoms with van der Waals surface area (Å²) in [5, 5.41) is 2.56. The second-order valence-corrected chi connectivity index (χ2v) is 5.02. The topological polar surface area (TPSA) is 64.6 Å².